The molecule has 0 bridgehead atoms. The highest BCUT2D eigenvalue weighted by molar-refractivity contribution is 5.67. The van der Waals surface area contributed by atoms with E-state index in [-0.39, 0.29) is 13.2 Å². The van der Waals surface area contributed by atoms with E-state index in [0.29, 0.717) is 13.2 Å². The van der Waals surface area contributed by atoms with Gasteiger partial charge in [-0.15, -0.1) is 0 Å². The smallest absolute Gasteiger partial charge is 0.134 e. The fraction of sp³-hybridized carbons (Fsp3) is 0.250. The molecule has 3 heteroatoms. The summed E-state index contributed by atoms with van der Waals surface area (Å²) in [5.41, 5.74) is 4.76. The standard InChI is InChI=1S/C28H30O3/c1-23-13-14-27(24(2)17-23)15-16-28(20-29,21-30-18-25-9-5-3-6-10-25)22-31-19-26-11-7-4-8-12-26/h3-17,20H,18-19,21-22H2,1-2H3. The normalized spacial score (nSPS) is 11.7. The zero-order valence-electron chi connectivity index (χ0n) is 18.3. The molecule has 0 saturated heterocycles. The Morgan fingerprint density at radius 2 is 1.32 bits per heavy atom. The summed E-state index contributed by atoms with van der Waals surface area (Å²) >= 11 is 0. The molecular formula is C28H30O3. The van der Waals surface area contributed by atoms with Crippen molar-refractivity contribution in [2.24, 2.45) is 5.41 Å². The number of benzene rings is 3. The van der Waals surface area contributed by atoms with Crippen molar-refractivity contribution < 1.29 is 14.3 Å². The van der Waals surface area contributed by atoms with Gasteiger partial charge in [0.1, 0.15) is 6.29 Å². The van der Waals surface area contributed by atoms with Gasteiger partial charge in [-0.05, 0) is 36.1 Å². The molecule has 31 heavy (non-hydrogen) atoms. The third-order valence-electron chi connectivity index (χ3n) is 5.22. The Morgan fingerprint density at radius 3 is 1.81 bits per heavy atom. The Bertz CT molecular complexity index is 932. The van der Waals surface area contributed by atoms with Crippen molar-refractivity contribution >= 4 is 12.4 Å². The molecule has 0 radical (unpaired) electrons. The molecule has 0 atom stereocenters. The monoisotopic (exact) mass is 414 g/mol. The molecule has 3 nitrogen and oxygen atoms in total. The number of carbonyl (C=O) groups is 1. The summed E-state index contributed by atoms with van der Waals surface area (Å²) in [6.45, 7) is 5.56. The summed E-state index contributed by atoms with van der Waals surface area (Å²) in [5.74, 6) is 0. The van der Waals surface area contributed by atoms with E-state index in [1.54, 1.807) is 0 Å². The van der Waals surface area contributed by atoms with Crippen LogP contribution in [0.3, 0.4) is 0 Å². The van der Waals surface area contributed by atoms with E-state index in [0.717, 1.165) is 23.0 Å². The highest BCUT2D eigenvalue weighted by Crippen LogP contribution is 2.23. The first-order valence-corrected chi connectivity index (χ1v) is 10.6. The SMILES string of the molecule is Cc1ccc(C=CC(C=O)(COCc2ccccc2)COCc2ccccc2)c(C)c1. The second kappa shape index (κ2) is 11.4. The van der Waals surface area contributed by atoms with E-state index in [1.165, 1.54) is 11.1 Å². The van der Waals surface area contributed by atoms with Gasteiger partial charge >= 0.3 is 0 Å². The minimum absolute atomic E-state index is 0.252. The van der Waals surface area contributed by atoms with Crippen molar-refractivity contribution in [3.63, 3.8) is 0 Å². The van der Waals surface area contributed by atoms with Gasteiger partial charge in [-0.2, -0.15) is 0 Å². The van der Waals surface area contributed by atoms with E-state index >= 15 is 0 Å². The Balaban J connectivity index is 1.72. The minimum Gasteiger partial charge on any atom is -0.375 e. The van der Waals surface area contributed by atoms with E-state index in [1.807, 2.05) is 72.8 Å². The molecule has 160 valence electrons. The largest absolute Gasteiger partial charge is 0.375 e. The van der Waals surface area contributed by atoms with Gasteiger partial charge in [-0.1, -0.05) is 96.6 Å². The number of hydrogen-bond donors (Lipinski definition) is 0. The first-order chi connectivity index (χ1) is 15.1. The summed E-state index contributed by atoms with van der Waals surface area (Å²) in [6.07, 6.45) is 4.87. The number of aryl methyl sites for hydroxylation is 2. The average Bonchev–Trinajstić information content (AvgIpc) is 2.79. The third-order valence-corrected chi connectivity index (χ3v) is 5.22. The van der Waals surface area contributed by atoms with Gasteiger partial charge in [-0.3, -0.25) is 0 Å². The van der Waals surface area contributed by atoms with Crippen molar-refractivity contribution in [1.29, 1.82) is 0 Å². The van der Waals surface area contributed by atoms with Gasteiger partial charge in [0.05, 0.1) is 31.8 Å². The van der Waals surface area contributed by atoms with E-state index < -0.39 is 5.41 Å². The van der Waals surface area contributed by atoms with Gasteiger partial charge in [0, 0.05) is 0 Å². The second-order valence-corrected chi connectivity index (χ2v) is 8.00. The Morgan fingerprint density at radius 1 is 0.774 bits per heavy atom. The third kappa shape index (κ3) is 7.02. The maximum absolute atomic E-state index is 12.3. The van der Waals surface area contributed by atoms with E-state index in [2.05, 4.69) is 32.0 Å². The molecule has 0 aromatic heterocycles. The number of ether oxygens (including phenoxy) is 2. The summed E-state index contributed by atoms with van der Waals surface area (Å²) in [4.78, 5) is 12.3. The van der Waals surface area contributed by atoms with E-state index in [9.17, 15) is 4.79 Å². The fourth-order valence-electron chi connectivity index (χ4n) is 3.38. The van der Waals surface area contributed by atoms with Crippen molar-refractivity contribution in [2.75, 3.05) is 13.2 Å². The molecule has 0 aliphatic rings. The predicted molar refractivity (Wildman–Crippen MR) is 126 cm³/mol. The molecule has 3 rings (SSSR count). The molecule has 0 unspecified atom stereocenters. The van der Waals surface area contributed by atoms with Gasteiger partial charge < -0.3 is 14.3 Å². The van der Waals surface area contributed by atoms with Crippen LogP contribution in [0.1, 0.15) is 27.8 Å². The molecule has 0 saturated carbocycles. The molecule has 3 aromatic carbocycles. The number of hydrogen-bond acceptors (Lipinski definition) is 3. The number of rotatable bonds is 11. The molecule has 0 heterocycles. The Hall–Kier alpha value is -3.01. The Labute approximate surface area is 185 Å². The van der Waals surface area contributed by atoms with Crippen LogP contribution in [0.15, 0.2) is 84.9 Å². The van der Waals surface area contributed by atoms with Crippen LogP contribution in [-0.2, 0) is 27.5 Å². The summed E-state index contributed by atoms with van der Waals surface area (Å²) in [5, 5.41) is 0. The maximum atomic E-state index is 12.3. The van der Waals surface area contributed by atoms with Crippen molar-refractivity contribution in [1.82, 2.24) is 0 Å². The highest BCUT2D eigenvalue weighted by Gasteiger charge is 2.28. The first kappa shape index (κ1) is 22.7. The lowest BCUT2D eigenvalue weighted by atomic mass is 9.90. The first-order valence-electron chi connectivity index (χ1n) is 10.6. The highest BCUT2D eigenvalue weighted by atomic mass is 16.5. The van der Waals surface area contributed by atoms with Crippen LogP contribution >= 0.6 is 0 Å². The molecular weight excluding hydrogens is 384 g/mol. The summed E-state index contributed by atoms with van der Waals surface area (Å²) < 4.78 is 11.9. The van der Waals surface area contributed by atoms with Crippen LogP contribution in [0.5, 0.6) is 0 Å². The molecule has 0 spiro atoms. The average molecular weight is 415 g/mol. The van der Waals surface area contributed by atoms with Crippen LogP contribution in [0, 0.1) is 19.3 Å². The second-order valence-electron chi connectivity index (χ2n) is 8.00. The van der Waals surface area contributed by atoms with Crippen molar-refractivity contribution in [3.8, 4) is 0 Å². The quantitative estimate of drug-likeness (QED) is 0.365. The molecule has 0 aliphatic carbocycles. The van der Waals surface area contributed by atoms with Gasteiger partial charge in [0.2, 0.25) is 0 Å². The topological polar surface area (TPSA) is 35.5 Å². The van der Waals surface area contributed by atoms with Crippen LogP contribution in [0.2, 0.25) is 0 Å². The zero-order valence-corrected chi connectivity index (χ0v) is 18.3. The van der Waals surface area contributed by atoms with Crippen LogP contribution in [0.4, 0.5) is 0 Å². The van der Waals surface area contributed by atoms with Gasteiger partial charge in [0.25, 0.3) is 0 Å². The fourth-order valence-corrected chi connectivity index (χ4v) is 3.38. The van der Waals surface area contributed by atoms with Gasteiger partial charge in [0.15, 0.2) is 0 Å². The molecule has 0 N–H and O–H groups in total. The molecule has 0 aliphatic heterocycles. The number of carbonyl (C=O) groups excluding carboxylic acids is 1. The summed E-state index contributed by atoms with van der Waals surface area (Å²) in [6, 6.07) is 26.2. The maximum Gasteiger partial charge on any atom is 0.134 e. The minimum atomic E-state index is -0.860. The molecule has 0 fully saturated rings. The molecule has 3 aromatic rings. The van der Waals surface area contributed by atoms with Crippen molar-refractivity contribution in [2.45, 2.75) is 27.1 Å². The lowest BCUT2D eigenvalue weighted by Crippen LogP contribution is -2.32. The lowest BCUT2D eigenvalue weighted by Gasteiger charge is -2.24. The number of aldehydes is 1. The van der Waals surface area contributed by atoms with Crippen molar-refractivity contribution in [3.05, 3.63) is 113 Å². The zero-order chi connectivity index (χ0) is 21.9. The van der Waals surface area contributed by atoms with Crippen LogP contribution in [0.25, 0.3) is 6.08 Å². The Kier molecular flexibility index (Phi) is 8.34. The summed E-state index contributed by atoms with van der Waals surface area (Å²) in [7, 11) is 0. The van der Waals surface area contributed by atoms with Gasteiger partial charge in [-0.25, -0.2) is 0 Å². The lowest BCUT2D eigenvalue weighted by molar-refractivity contribution is -0.121. The predicted octanol–water partition coefficient (Wildman–Crippen LogP) is 5.94. The van der Waals surface area contributed by atoms with Crippen LogP contribution in [-0.4, -0.2) is 19.5 Å². The van der Waals surface area contributed by atoms with E-state index in [4.69, 9.17) is 9.47 Å². The van der Waals surface area contributed by atoms with Crippen LogP contribution < -0.4 is 0 Å². The molecule has 0 amide bonds.